The number of carbonyl (C=O) groups excluding carboxylic acids is 1. The van der Waals surface area contributed by atoms with Crippen LogP contribution in [0.2, 0.25) is 5.02 Å². The topological polar surface area (TPSA) is 70.7 Å². The van der Waals surface area contributed by atoms with E-state index in [2.05, 4.69) is 16.4 Å². The predicted octanol–water partition coefficient (Wildman–Crippen LogP) is 3.96. The molecule has 130 valence electrons. The maximum atomic E-state index is 12.3. The van der Waals surface area contributed by atoms with Crippen molar-refractivity contribution in [3.05, 3.63) is 41.7 Å². The van der Waals surface area contributed by atoms with Gasteiger partial charge in [-0.25, -0.2) is 4.98 Å². The van der Waals surface area contributed by atoms with Crippen LogP contribution in [0.1, 0.15) is 32.1 Å². The summed E-state index contributed by atoms with van der Waals surface area (Å²) < 4.78 is 1.89. The highest BCUT2D eigenvalue weighted by Gasteiger charge is 2.33. The van der Waals surface area contributed by atoms with E-state index in [0.717, 1.165) is 37.8 Å². The van der Waals surface area contributed by atoms with Crippen molar-refractivity contribution >= 4 is 29.3 Å². The summed E-state index contributed by atoms with van der Waals surface area (Å²) in [6.07, 6.45) is 8.10. The van der Waals surface area contributed by atoms with Gasteiger partial charge in [0.05, 0.1) is 11.8 Å². The molecule has 1 heterocycles. The lowest BCUT2D eigenvalue weighted by atomic mass is 9.83. The molecule has 1 aliphatic rings. The van der Waals surface area contributed by atoms with Gasteiger partial charge in [-0.3, -0.25) is 9.36 Å². The number of halogens is 1. The second-order valence-electron chi connectivity index (χ2n) is 6.15. The number of nitriles is 1. The summed E-state index contributed by atoms with van der Waals surface area (Å²) in [6, 6.07) is 9.78. The first-order valence-corrected chi connectivity index (χ1v) is 9.63. The Bertz CT molecular complexity index is 792. The van der Waals surface area contributed by atoms with Gasteiger partial charge in [-0.2, -0.15) is 5.26 Å². The molecular formula is C18H19ClN4OS. The second kappa shape index (κ2) is 7.94. The van der Waals surface area contributed by atoms with Crippen LogP contribution in [-0.4, -0.2) is 26.8 Å². The summed E-state index contributed by atoms with van der Waals surface area (Å²) in [7, 11) is 0. The van der Waals surface area contributed by atoms with Gasteiger partial charge in [0.1, 0.15) is 5.54 Å². The second-order valence-corrected chi connectivity index (χ2v) is 7.53. The fourth-order valence-corrected chi connectivity index (χ4v) is 4.03. The standard InChI is InChI=1S/C18H19ClN4OS/c19-14-5-4-6-15(11-14)23-10-9-21-17(23)25-12-16(24)22-18(13-20)7-2-1-3-8-18/h4-6,9-11H,1-3,7-8,12H2,(H,22,24). The lowest BCUT2D eigenvalue weighted by molar-refractivity contribution is -0.120. The molecule has 1 saturated carbocycles. The van der Waals surface area contributed by atoms with E-state index in [1.54, 1.807) is 6.20 Å². The van der Waals surface area contributed by atoms with E-state index in [0.29, 0.717) is 10.2 Å². The largest absolute Gasteiger partial charge is 0.337 e. The van der Waals surface area contributed by atoms with Gasteiger partial charge in [-0.15, -0.1) is 0 Å². The molecule has 0 aliphatic heterocycles. The molecular weight excluding hydrogens is 356 g/mol. The van der Waals surface area contributed by atoms with Crippen molar-refractivity contribution in [3.63, 3.8) is 0 Å². The summed E-state index contributed by atoms with van der Waals surface area (Å²) in [5, 5.41) is 13.8. The van der Waals surface area contributed by atoms with E-state index in [1.807, 2.05) is 35.0 Å². The van der Waals surface area contributed by atoms with E-state index in [9.17, 15) is 10.1 Å². The van der Waals surface area contributed by atoms with Gasteiger partial charge in [0.25, 0.3) is 0 Å². The first kappa shape index (κ1) is 17.8. The van der Waals surface area contributed by atoms with Crippen molar-refractivity contribution in [3.8, 4) is 11.8 Å². The number of amides is 1. The molecule has 0 unspecified atom stereocenters. The van der Waals surface area contributed by atoms with Gasteiger partial charge < -0.3 is 5.32 Å². The van der Waals surface area contributed by atoms with Crippen molar-refractivity contribution in [1.82, 2.24) is 14.9 Å². The van der Waals surface area contributed by atoms with E-state index in [-0.39, 0.29) is 11.7 Å². The Balaban J connectivity index is 1.64. The molecule has 2 aromatic rings. The molecule has 0 atom stereocenters. The Morgan fingerprint density at radius 3 is 2.92 bits per heavy atom. The molecule has 1 aromatic carbocycles. The predicted molar refractivity (Wildman–Crippen MR) is 98.9 cm³/mol. The minimum Gasteiger partial charge on any atom is -0.337 e. The number of benzene rings is 1. The van der Waals surface area contributed by atoms with Crippen LogP contribution >= 0.6 is 23.4 Å². The number of thioether (sulfide) groups is 1. The number of nitrogens with one attached hydrogen (secondary N) is 1. The fourth-order valence-electron chi connectivity index (χ4n) is 3.07. The number of imidazole rings is 1. The Morgan fingerprint density at radius 2 is 2.20 bits per heavy atom. The third-order valence-electron chi connectivity index (χ3n) is 4.33. The molecule has 0 saturated heterocycles. The summed E-state index contributed by atoms with van der Waals surface area (Å²) >= 11 is 7.39. The number of nitrogens with zero attached hydrogens (tertiary/aromatic N) is 3. The van der Waals surface area contributed by atoms with Crippen LogP contribution in [0.25, 0.3) is 5.69 Å². The number of carbonyl (C=O) groups is 1. The maximum Gasteiger partial charge on any atom is 0.231 e. The summed E-state index contributed by atoms with van der Waals surface area (Å²) in [6.45, 7) is 0. The average Bonchev–Trinajstić information content (AvgIpc) is 3.09. The maximum absolute atomic E-state index is 12.3. The van der Waals surface area contributed by atoms with E-state index < -0.39 is 5.54 Å². The molecule has 0 bridgehead atoms. The Kier molecular flexibility index (Phi) is 5.67. The van der Waals surface area contributed by atoms with Crippen molar-refractivity contribution in [2.45, 2.75) is 42.8 Å². The fraction of sp³-hybridized carbons (Fsp3) is 0.389. The highest BCUT2D eigenvalue weighted by Crippen LogP contribution is 2.28. The lowest BCUT2D eigenvalue weighted by Gasteiger charge is -2.31. The zero-order valence-electron chi connectivity index (χ0n) is 13.7. The van der Waals surface area contributed by atoms with E-state index in [4.69, 9.17) is 11.6 Å². The zero-order valence-corrected chi connectivity index (χ0v) is 15.3. The smallest absolute Gasteiger partial charge is 0.231 e. The first-order chi connectivity index (χ1) is 12.1. The molecule has 3 rings (SSSR count). The molecule has 5 nitrogen and oxygen atoms in total. The molecule has 1 fully saturated rings. The lowest BCUT2D eigenvalue weighted by Crippen LogP contribution is -2.49. The van der Waals surface area contributed by atoms with Crippen LogP contribution in [0.5, 0.6) is 0 Å². The molecule has 0 spiro atoms. The van der Waals surface area contributed by atoms with Crippen LogP contribution < -0.4 is 5.32 Å². The van der Waals surface area contributed by atoms with Gasteiger partial charge in [0.15, 0.2) is 5.16 Å². The number of aromatic nitrogens is 2. The number of hydrogen-bond acceptors (Lipinski definition) is 4. The van der Waals surface area contributed by atoms with Crippen LogP contribution in [0.15, 0.2) is 41.8 Å². The molecule has 0 radical (unpaired) electrons. The van der Waals surface area contributed by atoms with E-state index in [1.165, 1.54) is 11.8 Å². The summed E-state index contributed by atoms with van der Waals surface area (Å²) in [5.74, 6) is 0.0928. The van der Waals surface area contributed by atoms with Crippen LogP contribution in [0.3, 0.4) is 0 Å². The van der Waals surface area contributed by atoms with Crippen LogP contribution in [0.4, 0.5) is 0 Å². The van der Waals surface area contributed by atoms with Crippen molar-refractivity contribution in [1.29, 1.82) is 5.26 Å². The van der Waals surface area contributed by atoms with Crippen LogP contribution in [0, 0.1) is 11.3 Å². The third-order valence-corrected chi connectivity index (χ3v) is 5.53. The molecule has 1 aromatic heterocycles. The Morgan fingerprint density at radius 1 is 1.40 bits per heavy atom. The molecule has 1 aliphatic carbocycles. The minimum absolute atomic E-state index is 0.130. The Hall–Kier alpha value is -1.97. The van der Waals surface area contributed by atoms with Gasteiger partial charge in [-0.05, 0) is 31.0 Å². The van der Waals surface area contributed by atoms with Crippen molar-refractivity contribution in [2.75, 3.05) is 5.75 Å². The summed E-state index contributed by atoms with van der Waals surface area (Å²) in [4.78, 5) is 16.6. The van der Waals surface area contributed by atoms with Gasteiger partial charge in [-0.1, -0.05) is 48.7 Å². The normalized spacial score (nSPS) is 16.2. The van der Waals surface area contributed by atoms with Gasteiger partial charge >= 0.3 is 0 Å². The molecule has 1 N–H and O–H groups in total. The van der Waals surface area contributed by atoms with Gasteiger partial charge in [0, 0.05) is 23.1 Å². The average molecular weight is 375 g/mol. The third kappa shape index (κ3) is 4.36. The van der Waals surface area contributed by atoms with Gasteiger partial charge in [0.2, 0.25) is 5.91 Å². The first-order valence-electron chi connectivity index (χ1n) is 8.26. The zero-order chi connectivity index (χ0) is 17.7. The SMILES string of the molecule is N#CC1(NC(=O)CSc2nccn2-c2cccc(Cl)c2)CCCCC1. The highest BCUT2D eigenvalue weighted by atomic mass is 35.5. The number of hydrogen-bond donors (Lipinski definition) is 1. The summed E-state index contributed by atoms with van der Waals surface area (Å²) in [5.41, 5.74) is 0.201. The Labute approximate surface area is 156 Å². The highest BCUT2D eigenvalue weighted by molar-refractivity contribution is 7.99. The monoisotopic (exact) mass is 374 g/mol. The minimum atomic E-state index is -0.696. The molecule has 7 heteroatoms. The van der Waals surface area contributed by atoms with Crippen LogP contribution in [-0.2, 0) is 4.79 Å². The quantitative estimate of drug-likeness (QED) is 0.804. The van der Waals surface area contributed by atoms with Crippen molar-refractivity contribution < 1.29 is 4.79 Å². The molecule has 1 amide bonds. The van der Waals surface area contributed by atoms with Crippen molar-refractivity contribution in [2.24, 2.45) is 0 Å². The number of rotatable bonds is 5. The molecule has 25 heavy (non-hydrogen) atoms. The van der Waals surface area contributed by atoms with E-state index >= 15 is 0 Å².